The van der Waals surface area contributed by atoms with Gasteiger partial charge in [-0.1, -0.05) is 0 Å². The van der Waals surface area contributed by atoms with Crippen LogP contribution in [0, 0.1) is 5.92 Å². The van der Waals surface area contributed by atoms with E-state index in [4.69, 9.17) is 9.84 Å². The van der Waals surface area contributed by atoms with Gasteiger partial charge in [0.25, 0.3) is 0 Å². The first-order valence-electron chi connectivity index (χ1n) is 5.45. The number of alkyl carbamates (subject to hydrolysis) is 1. The SMILES string of the molecule is CSCCC(CO)CNC(=O)OC(C)(C)C. The Morgan fingerprint density at radius 1 is 1.50 bits per heavy atom. The van der Waals surface area contributed by atoms with Gasteiger partial charge >= 0.3 is 6.09 Å². The van der Waals surface area contributed by atoms with E-state index in [9.17, 15) is 4.79 Å². The summed E-state index contributed by atoms with van der Waals surface area (Å²) in [4.78, 5) is 11.3. The molecular weight excluding hydrogens is 226 g/mol. The van der Waals surface area contributed by atoms with Crippen molar-refractivity contribution >= 4 is 17.9 Å². The number of hydrogen-bond acceptors (Lipinski definition) is 4. The second kappa shape index (κ2) is 7.79. The van der Waals surface area contributed by atoms with Crippen molar-refractivity contribution in [1.82, 2.24) is 5.32 Å². The molecule has 16 heavy (non-hydrogen) atoms. The number of ether oxygens (including phenoxy) is 1. The number of rotatable bonds is 6. The van der Waals surface area contributed by atoms with E-state index in [-0.39, 0.29) is 12.5 Å². The van der Waals surface area contributed by atoms with Crippen molar-refractivity contribution in [2.24, 2.45) is 5.92 Å². The predicted molar refractivity (Wildman–Crippen MR) is 67.8 cm³/mol. The molecule has 0 spiro atoms. The van der Waals surface area contributed by atoms with Crippen LogP contribution in [0.4, 0.5) is 4.79 Å². The summed E-state index contributed by atoms with van der Waals surface area (Å²) in [6.07, 6.45) is 2.50. The Morgan fingerprint density at radius 3 is 2.56 bits per heavy atom. The molecule has 96 valence electrons. The number of carbonyl (C=O) groups excluding carboxylic acids is 1. The molecule has 0 aliphatic carbocycles. The number of nitrogens with one attached hydrogen (secondary N) is 1. The maximum absolute atomic E-state index is 11.3. The lowest BCUT2D eigenvalue weighted by molar-refractivity contribution is 0.0512. The zero-order chi connectivity index (χ0) is 12.6. The molecule has 0 rings (SSSR count). The highest BCUT2D eigenvalue weighted by molar-refractivity contribution is 7.98. The van der Waals surface area contributed by atoms with Crippen LogP contribution in [0.1, 0.15) is 27.2 Å². The van der Waals surface area contributed by atoms with Gasteiger partial charge in [-0.15, -0.1) is 0 Å². The molecule has 0 bridgehead atoms. The summed E-state index contributed by atoms with van der Waals surface area (Å²) in [5, 5.41) is 11.8. The van der Waals surface area contributed by atoms with E-state index in [1.54, 1.807) is 11.8 Å². The predicted octanol–water partition coefficient (Wildman–Crippen LogP) is 1.87. The summed E-state index contributed by atoms with van der Waals surface area (Å²) < 4.78 is 5.10. The molecule has 0 aromatic rings. The van der Waals surface area contributed by atoms with Crippen molar-refractivity contribution in [3.8, 4) is 0 Å². The molecule has 1 atom stereocenters. The van der Waals surface area contributed by atoms with Gasteiger partial charge < -0.3 is 15.2 Å². The Kier molecular flexibility index (Phi) is 7.58. The molecule has 0 aromatic carbocycles. The first-order valence-corrected chi connectivity index (χ1v) is 6.85. The van der Waals surface area contributed by atoms with E-state index >= 15 is 0 Å². The fraction of sp³-hybridized carbons (Fsp3) is 0.909. The molecule has 2 N–H and O–H groups in total. The Bertz CT molecular complexity index is 204. The largest absolute Gasteiger partial charge is 0.444 e. The minimum Gasteiger partial charge on any atom is -0.444 e. The highest BCUT2D eigenvalue weighted by Gasteiger charge is 2.17. The van der Waals surface area contributed by atoms with Gasteiger partial charge in [-0.3, -0.25) is 0 Å². The van der Waals surface area contributed by atoms with Crippen molar-refractivity contribution in [2.75, 3.05) is 25.2 Å². The average molecular weight is 249 g/mol. The van der Waals surface area contributed by atoms with Gasteiger partial charge in [0.2, 0.25) is 0 Å². The van der Waals surface area contributed by atoms with Crippen LogP contribution < -0.4 is 5.32 Å². The monoisotopic (exact) mass is 249 g/mol. The van der Waals surface area contributed by atoms with Crippen LogP contribution in [0.2, 0.25) is 0 Å². The van der Waals surface area contributed by atoms with E-state index in [0.29, 0.717) is 6.54 Å². The van der Waals surface area contributed by atoms with Crippen LogP contribution in [0.5, 0.6) is 0 Å². The third kappa shape index (κ3) is 8.85. The zero-order valence-electron chi connectivity index (χ0n) is 10.6. The third-order valence-corrected chi connectivity index (χ3v) is 2.57. The van der Waals surface area contributed by atoms with E-state index in [2.05, 4.69) is 5.32 Å². The first-order chi connectivity index (χ1) is 7.39. The maximum atomic E-state index is 11.3. The smallest absolute Gasteiger partial charge is 0.407 e. The molecule has 0 saturated heterocycles. The normalized spacial score (nSPS) is 13.3. The van der Waals surface area contributed by atoms with Gasteiger partial charge in [0, 0.05) is 19.1 Å². The number of amides is 1. The standard InChI is InChI=1S/C11H23NO3S/c1-11(2,3)15-10(14)12-7-9(8-13)5-6-16-4/h9,13H,5-8H2,1-4H3,(H,12,14). The van der Waals surface area contributed by atoms with Gasteiger partial charge in [-0.2, -0.15) is 11.8 Å². The molecule has 0 heterocycles. The highest BCUT2D eigenvalue weighted by atomic mass is 32.2. The Morgan fingerprint density at radius 2 is 2.12 bits per heavy atom. The average Bonchev–Trinajstić information content (AvgIpc) is 2.15. The molecule has 0 saturated carbocycles. The van der Waals surface area contributed by atoms with Crippen molar-refractivity contribution in [2.45, 2.75) is 32.8 Å². The zero-order valence-corrected chi connectivity index (χ0v) is 11.4. The molecule has 0 radical (unpaired) electrons. The fourth-order valence-corrected chi connectivity index (χ4v) is 1.65. The molecule has 0 aliphatic heterocycles. The molecule has 0 aliphatic rings. The summed E-state index contributed by atoms with van der Waals surface area (Å²) in [6.45, 7) is 6.03. The van der Waals surface area contributed by atoms with Gasteiger partial charge in [-0.05, 0) is 39.2 Å². The number of aliphatic hydroxyl groups excluding tert-OH is 1. The second-order valence-electron chi connectivity index (χ2n) is 4.71. The molecule has 0 fully saturated rings. The Labute approximate surface area is 102 Å². The third-order valence-electron chi connectivity index (χ3n) is 1.92. The van der Waals surface area contributed by atoms with E-state index in [1.807, 2.05) is 27.0 Å². The Balaban J connectivity index is 3.79. The van der Waals surface area contributed by atoms with E-state index < -0.39 is 11.7 Å². The topological polar surface area (TPSA) is 58.6 Å². The van der Waals surface area contributed by atoms with Crippen LogP contribution in [0.15, 0.2) is 0 Å². The lowest BCUT2D eigenvalue weighted by Crippen LogP contribution is -2.36. The van der Waals surface area contributed by atoms with Crippen LogP contribution in [0.25, 0.3) is 0 Å². The summed E-state index contributed by atoms with van der Waals surface area (Å²) in [5.41, 5.74) is -0.474. The van der Waals surface area contributed by atoms with Gasteiger partial charge in [0.15, 0.2) is 0 Å². The van der Waals surface area contributed by atoms with Crippen LogP contribution in [-0.2, 0) is 4.74 Å². The molecule has 1 amide bonds. The summed E-state index contributed by atoms with van der Waals surface area (Å²) in [7, 11) is 0. The van der Waals surface area contributed by atoms with Crippen LogP contribution in [0.3, 0.4) is 0 Å². The fourth-order valence-electron chi connectivity index (χ4n) is 1.08. The van der Waals surface area contributed by atoms with Gasteiger partial charge in [-0.25, -0.2) is 4.79 Å². The minimum absolute atomic E-state index is 0.0936. The molecule has 5 heteroatoms. The van der Waals surface area contributed by atoms with Gasteiger partial charge in [0.1, 0.15) is 5.60 Å². The molecule has 4 nitrogen and oxygen atoms in total. The quantitative estimate of drug-likeness (QED) is 0.754. The number of aliphatic hydroxyl groups is 1. The summed E-state index contributed by atoms with van der Waals surface area (Å²) >= 11 is 1.73. The van der Waals surface area contributed by atoms with Gasteiger partial charge in [0.05, 0.1) is 0 Å². The lowest BCUT2D eigenvalue weighted by atomic mass is 10.1. The van der Waals surface area contributed by atoms with Crippen molar-refractivity contribution in [1.29, 1.82) is 0 Å². The summed E-state index contributed by atoms with van der Waals surface area (Å²) in [6, 6.07) is 0. The minimum atomic E-state index is -0.474. The molecular formula is C11H23NO3S. The van der Waals surface area contributed by atoms with E-state index in [0.717, 1.165) is 12.2 Å². The number of hydrogen-bond donors (Lipinski definition) is 2. The van der Waals surface area contributed by atoms with Crippen LogP contribution >= 0.6 is 11.8 Å². The van der Waals surface area contributed by atoms with Crippen molar-refractivity contribution < 1.29 is 14.6 Å². The van der Waals surface area contributed by atoms with Crippen molar-refractivity contribution in [3.63, 3.8) is 0 Å². The lowest BCUT2D eigenvalue weighted by Gasteiger charge is -2.21. The van der Waals surface area contributed by atoms with E-state index in [1.165, 1.54) is 0 Å². The second-order valence-corrected chi connectivity index (χ2v) is 5.70. The molecule has 1 unspecified atom stereocenters. The number of carbonyl (C=O) groups is 1. The highest BCUT2D eigenvalue weighted by Crippen LogP contribution is 2.08. The van der Waals surface area contributed by atoms with Crippen molar-refractivity contribution in [3.05, 3.63) is 0 Å². The number of thioether (sulfide) groups is 1. The molecule has 0 aromatic heterocycles. The summed E-state index contributed by atoms with van der Waals surface area (Å²) in [5.74, 6) is 1.10. The Hall–Kier alpha value is -0.420. The maximum Gasteiger partial charge on any atom is 0.407 e. The first kappa shape index (κ1) is 15.6. The van der Waals surface area contributed by atoms with Crippen LogP contribution in [-0.4, -0.2) is 42.0 Å².